The van der Waals surface area contributed by atoms with Crippen molar-refractivity contribution >= 4 is 5.97 Å². The van der Waals surface area contributed by atoms with Crippen LogP contribution in [0.2, 0.25) is 0 Å². The van der Waals surface area contributed by atoms with E-state index in [1.807, 2.05) is 19.1 Å². The number of benzene rings is 1. The van der Waals surface area contributed by atoms with E-state index in [2.05, 4.69) is 18.1 Å². The van der Waals surface area contributed by atoms with Gasteiger partial charge in [0.2, 0.25) is 5.76 Å². The first-order valence-corrected chi connectivity index (χ1v) is 5.31. The number of aromatic carboxylic acids is 1. The molecule has 0 spiro atoms. The van der Waals surface area contributed by atoms with E-state index < -0.39 is 5.97 Å². The molecule has 0 atom stereocenters. The van der Waals surface area contributed by atoms with Crippen LogP contribution in [0.1, 0.15) is 32.9 Å². The highest BCUT2D eigenvalue weighted by Crippen LogP contribution is 2.14. The fourth-order valence-electron chi connectivity index (χ4n) is 1.62. The van der Waals surface area contributed by atoms with Gasteiger partial charge in [-0.15, -0.1) is 0 Å². The van der Waals surface area contributed by atoms with Crippen molar-refractivity contribution in [2.75, 3.05) is 0 Å². The number of carboxylic acid groups (broad SMARTS) is 1. The minimum atomic E-state index is -1.09. The Bertz CT molecular complexity index is 558. The Morgan fingerprint density at radius 3 is 2.65 bits per heavy atom. The van der Waals surface area contributed by atoms with E-state index in [4.69, 9.17) is 9.63 Å². The minimum Gasteiger partial charge on any atom is -0.475 e. The Balaban J connectivity index is 2.19. The SMILES string of the molecule is Cc1ccc(Cc2cc(C(=O)O)on2)cc1C. The molecule has 0 aliphatic heterocycles. The number of aromatic nitrogens is 1. The lowest BCUT2D eigenvalue weighted by Crippen LogP contribution is -1.92. The van der Waals surface area contributed by atoms with Crippen molar-refractivity contribution in [1.29, 1.82) is 0 Å². The Hall–Kier alpha value is -2.10. The van der Waals surface area contributed by atoms with E-state index in [-0.39, 0.29) is 5.76 Å². The molecule has 17 heavy (non-hydrogen) atoms. The molecule has 4 heteroatoms. The number of aryl methyl sites for hydroxylation is 2. The highest BCUT2D eigenvalue weighted by atomic mass is 16.5. The summed E-state index contributed by atoms with van der Waals surface area (Å²) >= 11 is 0. The third-order valence-electron chi connectivity index (χ3n) is 2.73. The van der Waals surface area contributed by atoms with E-state index in [1.165, 1.54) is 17.2 Å². The zero-order chi connectivity index (χ0) is 12.4. The normalized spacial score (nSPS) is 10.5. The van der Waals surface area contributed by atoms with Crippen LogP contribution in [0.5, 0.6) is 0 Å². The lowest BCUT2D eigenvalue weighted by molar-refractivity contribution is 0.0652. The molecule has 0 saturated carbocycles. The molecule has 2 aromatic rings. The van der Waals surface area contributed by atoms with Crippen LogP contribution in [0.25, 0.3) is 0 Å². The maximum Gasteiger partial charge on any atom is 0.374 e. The first-order chi connectivity index (χ1) is 8.06. The maximum absolute atomic E-state index is 10.6. The second-order valence-corrected chi connectivity index (χ2v) is 4.08. The molecule has 0 aliphatic rings. The predicted molar refractivity (Wildman–Crippen MR) is 62.2 cm³/mol. The number of carbonyl (C=O) groups is 1. The average molecular weight is 231 g/mol. The molecule has 0 fully saturated rings. The van der Waals surface area contributed by atoms with Crippen molar-refractivity contribution in [3.8, 4) is 0 Å². The summed E-state index contributed by atoms with van der Waals surface area (Å²) in [5.41, 5.74) is 4.17. The van der Waals surface area contributed by atoms with Crippen LogP contribution in [0.3, 0.4) is 0 Å². The number of carboxylic acids is 1. The van der Waals surface area contributed by atoms with Crippen LogP contribution in [0.4, 0.5) is 0 Å². The van der Waals surface area contributed by atoms with Crippen LogP contribution < -0.4 is 0 Å². The summed E-state index contributed by atoms with van der Waals surface area (Å²) in [5.74, 6) is -1.22. The molecule has 4 nitrogen and oxygen atoms in total. The zero-order valence-corrected chi connectivity index (χ0v) is 9.73. The van der Waals surface area contributed by atoms with Crippen molar-refractivity contribution in [3.63, 3.8) is 0 Å². The Labute approximate surface area is 98.9 Å². The van der Waals surface area contributed by atoms with Crippen LogP contribution >= 0.6 is 0 Å². The van der Waals surface area contributed by atoms with E-state index in [9.17, 15) is 4.79 Å². The third kappa shape index (κ3) is 2.53. The summed E-state index contributed by atoms with van der Waals surface area (Å²) in [7, 11) is 0. The number of nitrogens with zero attached hydrogens (tertiary/aromatic N) is 1. The second kappa shape index (κ2) is 4.41. The van der Waals surface area contributed by atoms with E-state index in [1.54, 1.807) is 0 Å². The van der Waals surface area contributed by atoms with Gasteiger partial charge in [-0.25, -0.2) is 4.79 Å². The molecule has 1 heterocycles. The lowest BCUT2D eigenvalue weighted by atomic mass is 10.0. The first-order valence-electron chi connectivity index (χ1n) is 5.31. The quantitative estimate of drug-likeness (QED) is 0.881. The second-order valence-electron chi connectivity index (χ2n) is 4.08. The molecule has 0 aliphatic carbocycles. The summed E-state index contributed by atoms with van der Waals surface area (Å²) in [6.45, 7) is 4.10. The molecular weight excluding hydrogens is 218 g/mol. The summed E-state index contributed by atoms with van der Waals surface area (Å²) in [6.07, 6.45) is 0.581. The van der Waals surface area contributed by atoms with E-state index >= 15 is 0 Å². The van der Waals surface area contributed by atoms with E-state index in [0.717, 1.165) is 5.56 Å². The van der Waals surface area contributed by atoms with Gasteiger partial charge in [-0.2, -0.15) is 0 Å². The monoisotopic (exact) mass is 231 g/mol. The van der Waals surface area contributed by atoms with Crippen molar-refractivity contribution in [1.82, 2.24) is 5.16 Å². The fourth-order valence-corrected chi connectivity index (χ4v) is 1.62. The predicted octanol–water partition coefficient (Wildman–Crippen LogP) is 2.58. The van der Waals surface area contributed by atoms with Crippen molar-refractivity contribution in [2.45, 2.75) is 20.3 Å². The van der Waals surface area contributed by atoms with Crippen LogP contribution in [0, 0.1) is 13.8 Å². The van der Waals surface area contributed by atoms with Gasteiger partial charge in [0, 0.05) is 12.5 Å². The van der Waals surface area contributed by atoms with Crippen LogP contribution in [-0.2, 0) is 6.42 Å². The molecule has 2 rings (SSSR count). The summed E-state index contributed by atoms with van der Waals surface area (Å²) in [5, 5.41) is 12.4. The topological polar surface area (TPSA) is 63.3 Å². The molecule has 0 amide bonds. The first kappa shape index (κ1) is 11.4. The summed E-state index contributed by atoms with van der Waals surface area (Å²) < 4.78 is 4.70. The largest absolute Gasteiger partial charge is 0.475 e. The van der Waals surface area contributed by atoms with Gasteiger partial charge >= 0.3 is 5.97 Å². The van der Waals surface area contributed by atoms with Gasteiger partial charge in [-0.1, -0.05) is 23.4 Å². The molecule has 1 N–H and O–H groups in total. The minimum absolute atomic E-state index is 0.121. The maximum atomic E-state index is 10.6. The van der Waals surface area contributed by atoms with Gasteiger partial charge in [-0.05, 0) is 30.5 Å². The van der Waals surface area contributed by atoms with Gasteiger partial charge in [0.05, 0.1) is 5.69 Å². The molecule has 0 unspecified atom stereocenters. The van der Waals surface area contributed by atoms with E-state index in [0.29, 0.717) is 12.1 Å². The lowest BCUT2D eigenvalue weighted by Gasteiger charge is -2.02. The molecule has 0 radical (unpaired) electrons. The molecular formula is C13H13NO3. The third-order valence-corrected chi connectivity index (χ3v) is 2.73. The molecule has 88 valence electrons. The van der Waals surface area contributed by atoms with Crippen molar-refractivity contribution < 1.29 is 14.4 Å². The fraction of sp³-hybridized carbons (Fsp3) is 0.231. The van der Waals surface area contributed by atoms with Gasteiger partial charge in [0.15, 0.2) is 0 Å². The highest BCUT2D eigenvalue weighted by molar-refractivity contribution is 5.84. The Morgan fingerprint density at radius 1 is 1.29 bits per heavy atom. The summed E-state index contributed by atoms with van der Waals surface area (Å²) in [6, 6.07) is 7.59. The average Bonchev–Trinajstić information content (AvgIpc) is 2.72. The number of rotatable bonds is 3. The zero-order valence-electron chi connectivity index (χ0n) is 9.73. The van der Waals surface area contributed by atoms with Crippen LogP contribution in [-0.4, -0.2) is 16.2 Å². The number of hydrogen-bond acceptors (Lipinski definition) is 3. The highest BCUT2D eigenvalue weighted by Gasteiger charge is 2.11. The number of hydrogen-bond donors (Lipinski definition) is 1. The smallest absolute Gasteiger partial charge is 0.374 e. The van der Waals surface area contributed by atoms with Gasteiger partial charge < -0.3 is 9.63 Å². The molecule has 0 saturated heterocycles. The van der Waals surface area contributed by atoms with Gasteiger partial charge in [0.1, 0.15) is 0 Å². The van der Waals surface area contributed by atoms with Crippen molar-refractivity contribution in [3.05, 3.63) is 52.4 Å². The molecule has 0 bridgehead atoms. The Kier molecular flexibility index (Phi) is 2.95. The Morgan fingerprint density at radius 2 is 2.06 bits per heavy atom. The van der Waals surface area contributed by atoms with Gasteiger partial charge in [0.25, 0.3) is 0 Å². The molecule has 1 aromatic heterocycles. The van der Waals surface area contributed by atoms with Crippen molar-refractivity contribution in [2.24, 2.45) is 0 Å². The van der Waals surface area contributed by atoms with Gasteiger partial charge in [-0.3, -0.25) is 0 Å². The standard InChI is InChI=1S/C13H13NO3/c1-8-3-4-10(5-9(8)2)6-11-7-12(13(15)16)17-14-11/h3-5,7H,6H2,1-2H3,(H,15,16). The van der Waals surface area contributed by atoms with Crippen LogP contribution in [0.15, 0.2) is 28.8 Å². The summed E-state index contributed by atoms with van der Waals surface area (Å²) in [4.78, 5) is 10.6. The molecule has 1 aromatic carbocycles.